The maximum absolute atomic E-state index is 12.7. The molecule has 0 unspecified atom stereocenters. The summed E-state index contributed by atoms with van der Waals surface area (Å²) >= 11 is 1.57. The normalized spacial score (nSPS) is 10.6. The predicted molar refractivity (Wildman–Crippen MR) is 71.8 cm³/mol. The van der Waals surface area contributed by atoms with Crippen LogP contribution in [-0.2, 0) is 12.2 Å². The summed E-state index contributed by atoms with van der Waals surface area (Å²) in [6.07, 6.45) is 2.44. The van der Waals surface area contributed by atoms with Crippen molar-refractivity contribution in [2.75, 3.05) is 5.73 Å². The van der Waals surface area contributed by atoms with Gasteiger partial charge in [0, 0.05) is 4.90 Å². The Morgan fingerprint density at radius 1 is 1.28 bits per heavy atom. The van der Waals surface area contributed by atoms with Gasteiger partial charge in [0.2, 0.25) is 0 Å². The highest BCUT2D eigenvalue weighted by atomic mass is 32.2. The second kappa shape index (κ2) is 5.82. The van der Waals surface area contributed by atoms with Gasteiger partial charge in [0.15, 0.2) is 0 Å². The van der Waals surface area contributed by atoms with Crippen LogP contribution in [0.4, 0.5) is 10.1 Å². The highest BCUT2D eigenvalue weighted by Crippen LogP contribution is 2.22. The zero-order valence-electron chi connectivity index (χ0n) is 10.1. The van der Waals surface area contributed by atoms with Crippen molar-refractivity contribution in [3.8, 4) is 0 Å². The lowest BCUT2D eigenvalue weighted by molar-refractivity contribution is 0.626. The Morgan fingerprint density at radius 2 is 2.00 bits per heavy atom. The van der Waals surface area contributed by atoms with E-state index in [4.69, 9.17) is 5.73 Å². The lowest BCUT2D eigenvalue weighted by Gasteiger charge is -2.05. The van der Waals surface area contributed by atoms with Gasteiger partial charge in [0.05, 0.1) is 23.3 Å². The molecule has 2 rings (SSSR count). The van der Waals surface area contributed by atoms with Gasteiger partial charge >= 0.3 is 0 Å². The van der Waals surface area contributed by atoms with Crippen molar-refractivity contribution >= 4 is 17.4 Å². The molecule has 3 nitrogen and oxygen atoms in total. The number of rotatable bonds is 4. The van der Waals surface area contributed by atoms with Crippen molar-refractivity contribution in [3.05, 3.63) is 47.8 Å². The molecule has 0 aliphatic rings. The highest BCUT2D eigenvalue weighted by molar-refractivity contribution is 7.98. The van der Waals surface area contributed by atoms with Crippen molar-refractivity contribution in [2.45, 2.75) is 24.0 Å². The lowest BCUT2D eigenvalue weighted by atomic mass is 10.3. The molecule has 0 atom stereocenters. The molecule has 0 aliphatic carbocycles. The summed E-state index contributed by atoms with van der Waals surface area (Å²) in [6, 6.07) is 6.39. The quantitative estimate of drug-likeness (QED) is 0.861. The third-order valence-electron chi connectivity index (χ3n) is 2.47. The number of halogens is 1. The summed E-state index contributed by atoms with van der Waals surface area (Å²) in [5.41, 5.74) is 7.26. The van der Waals surface area contributed by atoms with E-state index in [2.05, 4.69) is 9.97 Å². The van der Waals surface area contributed by atoms with Gasteiger partial charge in [0.1, 0.15) is 11.6 Å². The predicted octanol–water partition coefficient (Wildman–Crippen LogP) is 3.05. The summed E-state index contributed by atoms with van der Waals surface area (Å²) in [4.78, 5) is 9.58. The molecule has 2 N–H and O–H groups in total. The molecule has 0 aliphatic heterocycles. The third-order valence-corrected chi connectivity index (χ3v) is 3.47. The van der Waals surface area contributed by atoms with Gasteiger partial charge in [-0.1, -0.05) is 6.92 Å². The number of benzene rings is 1. The average molecular weight is 263 g/mol. The Hall–Kier alpha value is -1.62. The van der Waals surface area contributed by atoms with Crippen LogP contribution in [-0.4, -0.2) is 9.97 Å². The van der Waals surface area contributed by atoms with E-state index in [1.807, 2.05) is 6.92 Å². The van der Waals surface area contributed by atoms with E-state index in [9.17, 15) is 4.39 Å². The van der Waals surface area contributed by atoms with Gasteiger partial charge in [-0.15, -0.1) is 11.8 Å². The van der Waals surface area contributed by atoms with Crippen LogP contribution in [0.2, 0.25) is 0 Å². The first-order valence-electron chi connectivity index (χ1n) is 5.67. The number of nitrogen functional groups attached to an aromatic ring is 1. The zero-order valence-corrected chi connectivity index (χ0v) is 10.9. The number of anilines is 1. The van der Waals surface area contributed by atoms with E-state index in [-0.39, 0.29) is 5.82 Å². The fraction of sp³-hybridized carbons (Fsp3) is 0.231. The maximum atomic E-state index is 12.7. The summed E-state index contributed by atoms with van der Waals surface area (Å²) in [5.74, 6) is 1.17. The van der Waals surface area contributed by atoms with Crippen LogP contribution in [0.3, 0.4) is 0 Å². The molecule has 2 aromatic rings. The Labute approximate surface area is 110 Å². The highest BCUT2D eigenvalue weighted by Gasteiger charge is 2.04. The smallest absolute Gasteiger partial charge is 0.138 e. The SMILES string of the molecule is CCc1nc(CSc2ccc(F)cc2)ncc1N. The lowest BCUT2D eigenvalue weighted by Crippen LogP contribution is -2.02. The molecule has 0 fully saturated rings. The van der Waals surface area contributed by atoms with Crippen molar-refractivity contribution in [1.82, 2.24) is 9.97 Å². The molecule has 5 heteroatoms. The molecule has 0 saturated heterocycles. The number of hydrogen-bond acceptors (Lipinski definition) is 4. The molecule has 18 heavy (non-hydrogen) atoms. The van der Waals surface area contributed by atoms with Gasteiger partial charge in [-0.2, -0.15) is 0 Å². The van der Waals surface area contributed by atoms with Crippen molar-refractivity contribution in [3.63, 3.8) is 0 Å². The monoisotopic (exact) mass is 263 g/mol. The van der Waals surface area contributed by atoms with Gasteiger partial charge in [0.25, 0.3) is 0 Å². The molecular formula is C13H14FN3S. The van der Waals surface area contributed by atoms with E-state index in [0.717, 1.165) is 22.8 Å². The Bertz CT molecular complexity index is 528. The van der Waals surface area contributed by atoms with Crippen LogP contribution in [0.25, 0.3) is 0 Å². The largest absolute Gasteiger partial charge is 0.396 e. The minimum atomic E-state index is -0.226. The van der Waals surface area contributed by atoms with E-state index >= 15 is 0 Å². The van der Waals surface area contributed by atoms with Crippen molar-refractivity contribution in [2.24, 2.45) is 0 Å². The number of aryl methyl sites for hydroxylation is 1. The number of hydrogen-bond donors (Lipinski definition) is 1. The van der Waals surface area contributed by atoms with Crippen LogP contribution >= 0.6 is 11.8 Å². The average Bonchev–Trinajstić information content (AvgIpc) is 2.39. The van der Waals surface area contributed by atoms with Crippen LogP contribution in [0.1, 0.15) is 18.4 Å². The molecule has 1 aromatic carbocycles. The summed E-state index contributed by atoms with van der Waals surface area (Å²) in [5, 5.41) is 0. The molecule has 1 heterocycles. The van der Waals surface area contributed by atoms with Gasteiger partial charge in [-0.05, 0) is 30.7 Å². The molecule has 0 bridgehead atoms. The fourth-order valence-electron chi connectivity index (χ4n) is 1.50. The number of nitrogens with two attached hydrogens (primary N) is 1. The zero-order chi connectivity index (χ0) is 13.0. The van der Waals surface area contributed by atoms with Crippen LogP contribution in [0, 0.1) is 5.82 Å². The first-order valence-corrected chi connectivity index (χ1v) is 6.66. The van der Waals surface area contributed by atoms with Crippen molar-refractivity contribution in [1.29, 1.82) is 0 Å². The molecule has 94 valence electrons. The standard InChI is InChI=1S/C13H14FN3S/c1-2-12-11(15)7-16-13(17-12)8-18-10-5-3-9(14)4-6-10/h3-7H,2,8,15H2,1H3. The van der Waals surface area contributed by atoms with E-state index < -0.39 is 0 Å². The van der Waals surface area contributed by atoms with Crippen LogP contribution in [0.15, 0.2) is 35.4 Å². The van der Waals surface area contributed by atoms with Gasteiger partial charge in [-0.25, -0.2) is 14.4 Å². The maximum Gasteiger partial charge on any atom is 0.138 e. The molecule has 0 radical (unpaired) electrons. The van der Waals surface area contributed by atoms with Gasteiger partial charge < -0.3 is 5.73 Å². The minimum absolute atomic E-state index is 0.226. The number of thioether (sulfide) groups is 1. The number of nitrogens with zero attached hydrogens (tertiary/aromatic N) is 2. The first-order chi connectivity index (χ1) is 8.69. The molecule has 0 saturated carbocycles. The summed E-state index contributed by atoms with van der Waals surface area (Å²) in [6.45, 7) is 2.01. The molecular weight excluding hydrogens is 249 g/mol. The first kappa shape index (κ1) is 12.8. The van der Waals surface area contributed by atoms with Crippen LogP contribution in [0.5, 0.6) is 0 Å². The second-order valence-corrected chi connectivity index (χ2v) is 4.83. The summed E-state index contributed by atoms with van der Waals surface area (Å²) in [7, 11) is 0. The van der Waals surface area contributed by atoms with E-state index in [1.54, 1.807) is 30.1 Å². The van der Waals surface area contributed by atoms with Gasteiger partial charge in [-0.3, -0.25) is 0 Å². The minimum Gasteiger partial charge on any atom is -0.396 e. The van der Waals surface area contributed by atoms with E-state index in [0.29, 0.717) is 11.4 Å². The van der Waals surface area contributed by atoms with E-state index in [1.165, 1.54) is 12.1 Å². The topological polar surface area (TPSA) is 51.8 Å². The molecule has 0 amide bonds. The van der Waals surface area contributed by atoms with Crippen molar-refractivity contribution < 1.29 is 4.39 Å². The Morgan fingerprint density at radius 3 is 2.67 bits per heavy atom. The number of aromatic nitrogens is 2. The van der Waals surface area contributed by atoms with Crippen LogP contribution < -0.4 is 5.73 Å². The fourth-order valence-corrected chi connectivity index (χ4v) is 2.26. The third kappa shape index (κ3) is 3.20. The Balaban J connectivity index is 2.04. The second-order valence-electron chi connectivity index (χ2n) is 3.78. The Kier molecular flexibility index (Phi) is 4.15. The molecule has 0 spiro atoms. The molecule has 1 aromatic heterocycles. The summed E-state index contributed by atoms with van der Waals surface area (Å²) < 4.78 is 12.7.